The van der Waals surface area contributed by atoms with Gasteiger partial charge in [0.2, 0.25) is 0 Å². The highest BCUT2D eigenvalue weighted by Crippen LogP contribution is 2.21. The van der Waals surface area contributed by atoms with Gasteiger partial charge in [0.1, 0.15) is 0 Å². The lowest BCUT2D eigenvalue weighted by atomic mass is 10.1. The molecule has 0 heterocycles. The molecule has 2 aromatic rings. The zero-order chi connectivity index (χ0) is 15.2. The van der Waals surface area contributed by atoms with Crippen LogP contribution in [0.1, 0.15) is 16.7 Å². The molecule has 21 heavy (non-hydrogen) atoms. The molecule has 6 heteroatoms. The van der Waals surface area contributed by atoms with Crippen LogP contribution in [0.5, 0.6) is 0 Å². The first kappa shape index (κ1) is 15.2. The minimum Gasteiger partial charge on any atom is -0.309 e. The van der Waals surface area contributed by atoms with Gasteiger partial charge in [-0.05, 0) is 29.3 Å². The number of nitrogens with one attached hydrogen (secondary N) is 1. The molecule has 2 rings (SSSR count). The molecule has 0 bridgehead atoms. The molecule has 106 valence electrons. The summed E-state index contributed by atoms with van der Waals surface area (Å²) in [6, 6.07) is 14.2. The number of rotatable bonds is 5. The Hall–Kier alpha value is -2.23. The van der Waals surface area contributed by atoms with E-state index in [4.69, 9.17) is 5.26 Å². The Balaban J connectivity index is 1.96. The fraction of sp³-hybridized carbons (Fsp3) is 0.133. The number of halogens is 1. The van der Waals surface area contributed by atoms with Crippen molar-refractivity contribution >= 4 is 21.6 Å². The van der Waals surface area contributed by atoms with Crippen molar-refractivity contribution in [2.75, 3.05) is 0 Å². The number of hydrogen-bond donors (Lipinski definition) is 1. The van der Waals surface area contributed by atoms with E-state index in [0.29, 0.717) is 23.1 Å². The summed E-state index contributed by atoms with van der Waals surface area (Å²) in [6.07, 6.45) is 0. The van der Waals surface area contributed by atoms with E-state index in [-0.39, 0.29) is 5.69 Å². The van der Waals surface area contributed by atoms with Crippen LogP contribution in [0.3, 0.4) is 0 Å². The lowest BCUT2D eigenvalue weighted by Crippen LogP contribution is -2.12. The lowest BCUT2D eigenvalue weighted by molar-refractivity contribution is -0.385. The van der Waals surface area contributed by atoms with Crippen LogP contribution >= 0.6 is 15.9 Å². The average molecular weight is 346 g/mol. The van der Waals surface area contributed by atoms with Crippen LogP contribution in [0.4, 0.5) is 5.69 Å². The highest BCUT2D eigenvalue weighted by molar-refractivity contribution is 9.10. The Morgan fingerprint density at radius 3 is 2.43 bits per heavy atom. The zero-order valence-corrected chi connectivity index (χ0v) is 12.6. The monoisotopic (exact) mass is 345 g/mol. The smallest absolute Gasteiger partial charge is 0.270 e. The van der Waals surface area contributed by atoms with E-state index >= 15 is 0 Å². The molecule has 0 fully saturated rings. The van der Waals surface area contributed by atoms with Gasteiger partial charge in [-0.2, -0.15) is 5.26 Å². The van der Waals surface area contributed by atoms with Crippen LogP contribution in [0.2, 0.25) is 0 Å². The van der Waals surface area contributed by atoms with Crippen molar-refractivity contribution in [2.45, 2.75) is 13.1 Å². The summed E-state index contributed by atoms with van der Waals surface area (Å²) in [5.74, 6) is 0. The second kappa shape index (κ2) is 6.97. The summed E-state index contributed by atoms with van der Waals surface area (Å²) in [4.78, 5) is 10.4. The van der Waals surface area contributed by atoms with Crippen molar-refractivity contribution in [1.82, 2.24) is 5.32 Å². The van der Waals surface area contributed by atoms with Crippen molar-refractivity contribution in [3.8, 4) is 6.07 Å². The van der Waals surface area contributed by atoms with Crippen LogP contribution in [-0.2, 0) is 13.1 Å². The number of benzene rings is 2. The third-order valence-corrected chi connectivity index (χ3v) is 3.35. The van der Waals surface area contributed by atoms with Gasteiger partial charge in [-0.15, -0.1) is 0 Å². The summed E-state index contributed by atoms with van der Waals surface area (Å²) in [5.41, 5.74) is 2.59. The number of nitro benzene ring substituents is 1. The van der Waals surface area contributed by atoms with Gasteiger partial charge in [-0.3, -0.25) is 10.1 Å². The number of non-ortho nitro benzene ring substituents is 1. The van der Waals surface area contributed by atoms with Crippen molar-refractivity contribution in [3.05, 3.63) is 73.7 Å². The van der Waals surface area contributed by atoms with Gasteiger partial charge in [-0.25, -0.2) is 0 Å². The van der Waals surface area contributed by atoms with Crippen molar-refractivity contribution in [1.29, 1.82) is 5.26 Å². The first-order valence-electron chi connectivity index (χ1n) is 6.22. The number of nitriles is 1. The van der Waals surface area contributed by atoms with Gasteiger partial charge in [0, 0.05) is 29.7 Å². The molecule has 2 aromatic carbocycles. The molecular formula is C15H12BrN3O2. The molecule has 0 aromatic heterocycles. The molecule has 0 atom stereocenters. The van der Waals surface area contributed by atoms with E-state index in [1.165, 1.54) is 6.07 Å². The topological polar surface area (TPSA) is 79.0 Å². The van der Waals surface area contributed by atoms with Gasteiger partial charge in [0.25, 0.3) is 5.69 Å². The minimum absolute atomic E-state index is 0.0690. The predicted octanol–water partition coefficient (Wildman–Crippen LogP) is 3.52. The Kier molecular flexibility index (Phi) is 5.04. The number of hydrogen-bond acceptors (Lipinski definition) is 4. The van der Waals surface area contributed by atoms with E-state index in [9.17, 15) is 10.1 Å². The molecule has 0 amide bonds. The summed E-state index contributed by atoms with van der Waals surface area (Å²) in [7, 11) is 0. The summed E-state index contributed by atoms with van der Waals surface area (Å²) < 4.78 is 0.687. The van der Waals surface area contributed by atoms with Crippen LogP contribution in [0.25, 0.3) is 0 Å². The second-order valence-electron chi connectivity index (χ2n) is 4.49. The second-order valence-corrected chi connectivity index (χ2v) is 5.40. The van der Waals surface area contributed by atoms with E-state index in [2.05, 4.69) is 27.3 Å². The van der Waals surface area contributed by atoms with E-state index in [1.54, 1.807) is 18.2 Å². The Morgan fingerprint density at radius 2 is 1.81 bits per heavy atom. The maximum atomic E-state index is 10.8. The molecule has 0 saturated carbocycles. The van der Waals surface area contributed by atoms with E-state index in [1.807, 2.05) is 18.2 Å². The first-order chi connectivity index (χ1) is 10.1. The number of nitro groups is 1. The molecule has 1 N–H and O–H groups in total. The number of nitrogens with zero attached hydrogens (tertiary/aromatic N) is 2. The van der Waals surface area contributed by atoms with Crippen molar-refractivity contribution in [3.63, 3.8) is 0 Å². The molecule has 0 radical (unpaired) electrons. The first-order valence-corrected chi connectivity index (χ1v) is 7.01. The predicted molar refractivity (Wildman–Crippen MR) is 82.5 cm³/mol. The molecule has 0 aliphatic carbocycles. The summed E-state index contributed by atoms with van der Waals surface area (Å²) in [5, 5.41) is 22.7. The third-order valence-electron chi connectivity index (χ3n) is 2.89. The molecule has 5 nitrogen and oxygen atoms in total. The standard InChI is InChI=1S/C15H12BrN3O2/c16-14-5-13(6-15(7-14)19(20)21)10-18-9-12-3-1-11(8-17)2-4-12/h1-7,18H,9-10H2. The third kappa shape index (κ3) is 4.38. The van der Waals surface area contributed by atoms with Gasteiger partial charge < -0.3 is 5.32 Å². The Morgan fingerprint density at radius 1 is 1.14 bits per heavy atom. The van der Waals surface area contributed by atoms with Gasteiger partial charge in [0.15, 0.2) is 0 Å². The maximum absolute atomic E-state index is 10.8. The van der Waals surface area contributed by atoms with Crippen LogP contribution < -0.4 is 5.32 Å². The molecule has 0 aliphatic heterocycles. The van der Waals surface area contributed by atoms with Crippen molar-refractivity contribution < 1.29 is 4.92 Å². The quantitative estimate of drug-likeness (QED) is 0.664. The fourth-order valence-electron chi connectivity index (χ4n) is 1.89. The largest absolute Gasteiger partial charge is 0.309 e. The highest BCUT2D eigenvalue weighted by Gasteiger charge is 2.08. The Bertz CT molecular complexity index is 693. The molecule has 0 unspecified atom stereocenters. The average Bonchev–Trinajstić information content (AvgIpc) is 2.47. The SMILES string of the molecule is N#Cc1ccc(CNCc2cc(Br)cc([N+](=O)[O-])c2)cc1. The maximum Gasteiger partial charge on any atom is 0.270 e. The molecule has 0 aliphatic rings. The van der Waals surface area contributed by atoms with E-state index in [0.717, 1.165) is 11.1 Å². The van der Waals surface area contributed by atoms with Gasteiger partial charge in [0.05, 0.1) is 16.6 Å². The van der Waals surface area contributed by atoms with Crippen LogP contribution in [-0.4, -0.2) is 4.92 Å². The molecule has 0 saturated heterocycles. The minimum atomic E-state index is -0.408. The molecular weight excluding hydrogens is 334 g/mol. The van der Waals surface area contributed by atoms with Crippen LogP contribution in [0, 0.1) is 21.4 Å². The lowest BCUT2D eigenvalue weighted by Gasteiger charge is -2.06. The fourth-order valence-corrected chi connectivity index (χ4v) is 2.42. The highest BCUT2D eigenvalue weighted by atomic mass is 79.9. The zero-order valence-electron chi connectivity index (χ0n) is 11.0. The van der Waals surface area contributed by atoms with E-state index < -0.39 is 4.92 Å². The van der Waals surface area contributed by atoms with Gasteiger partial charge >= 0.3 is 0 Å². The summed E-state index contributed by atoms with van der Waals surface area (Å²) in [6.45, 7) is 1.16. The Labute approximate surface area is 130 Å². The van der Waals surface area contributed by atoms with Crippen molar-refractivity contribution in [2.24, 2.45) is 0 Å². The molecule has 0 spiro atoms. The van der Waals surface area contributed by atoms with Crippen LogP contribution in [0.15, 0.2) is 46.9 Å². The summed E-state index contributed by atoms with van der Waals surface area (Å²) >= 11 is 3.27. The van der Waals surface area contributed by atoms with Gasteiger partial charge in [-0.1, -0.05) is 28.1 Å². The normalized spacial score (nSPS) is 10.1.